The van der Waals surface area contributed by atoms with Gasteiger partial charge in [0.25, 0.3) is 5.91 Å². The van der Waals surface area contributed by atoms with Crippen LogP contribution in [0.3, 0.4) is 0 Å². The Morgan fingerprint density at radius 1 is 1.17 bits per heavy atom. The standard InChI is InChI=1S/C18H16FN3O/c1-12-16(15-5-3-4-6-17(15)22(12)2)11-20-21-18(23)13-7-9-14(19)10-8-13/h3-11H,1-2H3,(H,21,23). The minimum Gasteiger partial charge on any atom is -0.347 e. The van der Waals surface area contributed by atoms with E-state index in [0.29, 0.717) is 5.56 Å². The van der Waals surface area contributed by atoms with Crippen molar-refractivity contribution in [2.24, 2.45) is 12.1 Å². The molecular formula is C18H16FN3O. The smallest absolute Gasteiger partial charge is 0.271 e. The summed E-state index contributed by atoms with van der Waals surface area (Å²) in [6, 6.07) is 13.3. The van der Waals surface area contributed by atoms with E-state index in [0.717, 1.165) is 22.2 Å². The van der Waals surface area contributed by atoms with Gasteiger partial charge in [-0.1, -0.05) is 18.2 Å². The van der Waals surface area contributed by atoms with E-state index in [9.17, 15) is 9.18 Å². The van der Waals surface area contributed by atoms with Gasteiger partial charge in [-0.25, -0.2) is 9.82 Å². The van der Waals surface area contributed by atoms with Crippen molar-refractivity contribution in [3.63, 3.8) is 0 Å². The van der Waals surface area contributed by atoms with Gasteiger partial charge < -0.3 is 4.57 Å². The summed E-state index contributed by atoms with van der Waals surface area (Å²) in [6.45, 7) is 2.00. The number of aryl methyl sites for hydroxylation is 1. The first-order chi connectivity index (χ1) is 11.1. The molecule has 0 spiro atoms. The van der Waals surface area contributed by atoms with E-state index in [-0.39, 0.29) is 11.7 Å². The molecule has 0 fully saturated rings. The maximum atomic E-state index is 12.9. The van der Waals surface area contributed by atoms with Crippen molar-refractivity contribution in [2.45, 2.75) is 6.92 Å². The monoisotopic (exact) mass is 309 g/mol. The van der Waals surface area contributed by atoms with Gasteiger partial charge in [-0.05, 0) is 37.3 Å². The summed E-state index contributed by atoms with van der Waals surface area (Å²) in [5.74, 6) is -0.754. The fourth-order valence-electron chi connectivity index (χ4n) is 2.53. The summed E-state index contributed by atoms with van der Waals surface area (Å²) < 4.78 is 14.9. The molecule has 3 rings (SSSR count). The first kappa shape index (κ1) is 15.0. The maximum Gasteiger partial charge on any atom is 0.271 e. The average Bonchev–Trinajstić information content (AvgIpc) is 2.81. The number of nitrogens with zero attached hydrogens (tertiary/aromatic N) is 2. The van der Waals surface area contributed by atoms with Crippen LogP contribution in [0.4, 0.5) is 4.39 Å². The third-order valence-corrected chi connectivity index (χ3v) is 3.91. The van der Waals surface area contributed by atoms with Gasteiger partial charge in [0.1, 0.15) is 5.82 Å². The predicted molar refractivity (Wildman–Crippen MR) is 89.1 cm³/mol. The number of hydrogen-bond acceptors (Lipinski definition) is 2. The Morgan fingerprint density at radius 3 is 2.61 bits per heavy atom. The molecule has 1 aromatic heterocycles. The van der Waals surface area contributed by atoms with Gasteiger partial charge in [0.05, 0.1) is 6.21 Å². The van der Waals surface area contributed by atoms with E-state index in [2.05, 4.69) is 15.1 Å². The molecule has 0 aliphatic carbocycles. The van der Waals surface area contributed by atoms with Crippen molar-refractivity contribution in [3.05, 3.63) is 71.2 Å². The van der Waals surface area contributed by atoms with Gasteiger partial charge in [-0.15, -0.1) is 0 Å². The zero-order valence-corrected chi connectivity index (χ0v) is 12.9. The van der Waals surface area contributed by atoms with Crippen molar-refractivity contribution in [2.75, 3.05) is 0 Å². The van der Waals surface area contributed by atoms with E-state index in [1.807, 2.05) is 38.2 Å². The van der Waals surface area contributed by atoms with Crippen LogP contribution in [-0.4, -0.2) is 16.7 Å². The molecule has 3 aromatic rings. The van der Waals surface area contributed by atoms with Crippen LogP contribution in [0, 0.1) is 12.7 Å². The zero-order valence-electron chi connectivity index (χ0n) is 12.9. The number of carbonyl (C=O) groups excluding carboxylic acids is 1. The number of hydrazone groups is 1. The molecule has 0 radical (unpaired) electrons. The second kappa shape index (κ2) is 6.04. The first-order valence-corrected chi connectivity index (χ1v) is 7.21. The van der Waals surface area contributed by atoms with Crippen LogP contribution in [0.5, 0.6) is 0 Å². The van der Waals surface area contributed by atoms with Crippen molar-refractivity contribution >= 4 is 23.0 Å². The number of aromatic nitrogens is 1. The summed E-state index contributed by atoms with van der Waals surface area (Å²) in [7, 11) is 1.99. The summed E-state index contributed by atoms with van der Waals surface area (Å²) in [5.41, 5.74) is 5.96. The summed E-state index contributed by atoms with van der Waals surface area (Å²) in [5, 5.41) is 5.11. The second-order valence-corrected chi connectivity index (χ2v) is 5.28. The number of carbonyl (C=O) groups is 1. The van der Waals surface area contributed by atoms with Crippen LogP contribution < -0.4 is 5.43 Å². The molecule has 4 nitrogen and oxygen atoms in total. The van der Waals surface area contributed by atoms with Gasteiger partial charge in [-0.3, -0.25) is 4.79 Å². The fraction of sp³-hybridized carbons (Fsp3) is 0.111. The highest BCUT2D eigenvalue weighted by atomic mass is 19.1. The van der Waals surface area contributed by atoms with Crippen molar-refractivity contribution < 1.29 is 9.18 Å². The van der Waals surface area contributed by atoms with E-state index in [1.54, 1.807) is 6.21 Å². The van der Waals surface area contributed by atoms with Gasteiger partial charge in [0, 0.05) is 34.8 Å². The summed E-state index contributed by atoms with van der Waals surface area (Å²) in [4.78, 5) is 11.9. The average molecular weight is 309 g/mol. The maximum absolute atomic E-state index is 12.9. The number of para-hydroxylation sites is 1. The molecule has 116 valence electrons. The Morgan fingerprint density at radius 2 is 1.87 bits per heavy atom. The molecule has 5 heteroatoms. The van der Waals surface area contributed by atoms with E-state index in [4.69, 9.17) is 0 Å². The number of fused-ring (bicyclic) bond motifs is 1. The zero-order chi connectivity index (χ0) is 16.4. The van der Waals surface area contributed by atoms with E-state index < -0.39 is 0 Å². The molecule has 0 aliphatic rings. The van der Waals surface area contributed by atoms with Crippen LogP contribution in [-0.2, 0) is 7.05 Å². The molecule has 1 heterocycles. The Labute approximate surface area is 133 Å². The lowest BCUT2D eigenvalue weighted by Gasteiger charge is -2.00. The largest absolute Gasteiger partial charge is 0.347 e. The van der Waals surface area contributed by atoms with Gasteiger partial charge in [0.15, 0.2) is 0 Å². The summed E-state index contributed by atoms with van der Waals surface area (Å²) >= 11 is 0. The van der Waals surface area contributed by atoms with Crippen molar-refractivity contribution in [3.8, 4) is 0 Å². The summed E-state index contributed by atoms with van der Waals surface area (Å²) in [6.07, 6.45) is 1.64. The van der Waals surface area contributed by atoms with Crippen LogP contribution in [0.2, 0.25) is 0 Å². The lowest BCUT2D eigenvalue weighted by Crippen LogP contribution is -2.17. The molecule has 23 heavy (non-hydrogen) atoms. The van der Waals surface area contributed by atoms with E-state index >= 15 is 0 Å². The Hall–Kier alpha value is -2.95. The third-order valence-electron chi connectivity index (χ3n) is 3.91. The molecule has 0 saturated heterocycles. The second-order valence-electron chi connectivity index (χ2n) is 5.28. The molecule has 1 N–H and O–H groups in total. The molecule has 2 aromatic carbocycles. The lowest BCUT2D eigenvalue weighted by molar-refractivity contribution is 0.0955. The van der Waals surface area contributed by atoms with Gasteiger partial charge in [0.2, 0.25) is 0 Å². The van der Waals surface area contributed by atoms with Crippen LogP contribution >= 0.6 is 0 Å². The SMILES string of the molecule is Cc1c(C=NNC(=O)c2ccc(F)cc2)c2ccccc2n1C. The molecule has 0 unspecified atom stereocenters. The van der Waals surface area contributed by atoms with Crippen LogP contribution in [0.15, 0.2) is 53.6 Å². The van der Waals surface area contributed by atoms with E-state index in [1.165, 1.54) is 24.3 Å². The Balaban J connectivity index is 1.82. The number of nitrogens with one attached hydrogen (secondary N) is 1. The van der Waals surface area contributed by atoms with Crippen molar-refractivity contribution in [1.29, 1.82) is 0 Å². The number of halogens is 1. The fourth-order valence-corrected chi connectivity index (χ4v) is 2.53. The minimum absolute atomic E-state index is 0.359. The molecule has 0 bridgehead atoms. The Kier molecular flexibility index (Phi) is 3.93. The third kappa shape index (κ3) is 2.85. The van der Waals surface area contributed by atoms with Crippen molar-refractivity contribution in [1.82, 2.24) is 9.99 Å². The molecule has 0 aliphatic heterocycles. The molecule has 0 saturated carbocycles. The first-order valence-electron chi connectivity index (χ1n) is 7.21. The molecular weight excluding hydrogens is 293 g/mol. The van der Waals surface area contributed by atoms with Crippen LogP contribution in [0.1, 0.15) is 21.6 Å². The highest BCUT2D eigenvalue weighted by molar-refractivity contribution is 6.02. The highest BCUT2D eigenvalue weighted by Crippen LogP contribution is 2.22. The number of amides is 1. The number of benzene rings is 2. The topological polar surface area (TPSA) is 46.4 Å². The number of rotatable bonds is 3. The minimum atomic E-state index is -0.378. The quantitative estimate of drug-likeness (QED) is 0.585. The van der Waals surface area contributed by atoms with Gasteiger partial charge in [-0.2, -0.15) is 5.10 Å². The highest BCUT2D eigenvalue weighted by Gasteiger charge is 2.09. The Bertz CT molecular complexity index is 895. The van der Waals surface area contributed by atoms with Crippen LogP contribution in [0.25, 0.3) is 10.9 Å². The predicted octanol–water partition coefficient (Wildman–Crippen LogP) is 3.39. The van der Waals surface area contributed by atoms with Gasteiger partial charge >= 0.3 is 0 Å². The normalized spacial score (nSPS) is 11.3. The lowest BCUT2D eigenvalue weighted by atomic mass is 10.1. The molecule has 0 atom stereocenters. The molecule has 1 amide bonds. The number of hydrogen-bond donors (Lipinski definition) is 1.